The first-order valence-electron chi connectivity index (χ1n) is 7.93. The average molecular weight is 303 g/mol. The molecular formula is C17H25N3O2. The van der Waals surface area contributed by atoms with E-state index in [1.165, 1.54) is 5.56 Å². The monoisotopic (exact) mass is 303 g/mol. The Hall–Kier alpha value is -1.88. The molecule has 0 saturated carbocycles. The van der Waals surface area contributed by atoms with Crippen LogP contribution in [0.4, 0.5) is 0 Å². The Balaban J connectivity index is 1.72. The first kappa shape index (κ1) is 16.5. The van der Waals surface area contributed by atoms with Crippen molar-refractivity contribution in [1.29, 1.82) is 0 Å². The lowest BCUT2D eigenvalue weighted by Gasteiger charge is -2.34. The molecule has 1 aromatic carbocycles. The first-order valence-corrected chi connectivity index (χ1v) is 7.93. The highest BCUT2D eigenvalue weighted by Crippen LogP contribution is 2.18. The molecule has 1 aliphatic rings. The molecule has 3 N–H and O–H groups in total. The molecule has 1 heterocycles. The lowest BCUT2D eigenvalue weighted by atomic mass is 9.95. The number of carbonyl (C=O) groups excluding carboxylic acids is 2. The number of piperidine rings is 1. The zero-order valence-corrected chi connectivity index (χ0v) is 13.1. The molecule has 0 aromatic heterocycles. The molecule has 0 unspecified atom stereocenters. The Kier molecular flexibility index (Phi) is 5.95. The first-order chi connectivity index (χ1) is 10.6. The van der Waals surface area contributed by atoms with E-state index in [0.29, 0.717) is 6.54 Å². The van der Waals surface area contributed by atoms with Crippen LogP contribution in [0.25, 0.3) is 0 Å². The van der Waals surface area contributed by atoms with E-state index in [9.17, 15) is 9.59 Å². The summed E-state index contributed by atoms with van der Waals surface area (Å²) in [6, 6.07) is 9.95. The minimum atomic E-state index is -0.223. The van der Waals surface area contributed by atoms with Gasteiger partial charge >= 0.3 is 0 Å². The van der Waals surface area contributed by atoms with E-state index in [-0.39, 0.29) is 23.8 Å². The number of carbonyl (C=O) groups is 2. The number of hydrogen-bond donors (Lipinski definition) is 2. The zero-order valence-electron chi connectivity index (χ0n) is 13.1. The lowest BCUT2D eigenvalue weighted by Crippen LogP contribution is -2.49. The minimum Gasteiger partial charge on any atom is -0.369 e. The minimum absolute atomic E-state index is 0.0374. The van der Waals surface area contributed by atoms with E-state index in [0.717, 1.165) is 32.4 Å². The van der Waals surface area contributed by atoms with Gasteiger partial charge in [0.15, 0.2) is 0 Å². The SMILES string of the molecule is C[C@H](C(=O)NCCc1ccccc1)N1CCC(C(N)=O)CC1. The maximum Gasteiger partial charge on any atom is 0.237 e. The molecule has 2 rings (SSSR count). The van der Waals surface area contributed by atoms with Crippen LogP contribution in [0.1, 0.15) is 25.3 Å². The van der Waals surface area contributed by atoms with Crippen molar-refractivity contribution in [3.05, 3.63) is 35.9 Å². The quantitative estimate of drug-likeness (QED) is 0.821. The van der Waals surface area contributed by atoms with Crippen LogP contribution >= 0.6 is 0 Å². The highest BCUT2D eigenvalue weighted by Gasteiger charge is 2.28. The molecule has 0 radical (unpaired) electrons. The lowest BCUT2D eigenvalue weighted by molar-refractivity contribution is -0.127. The molecule has 120 valence electrons. The molecule has 5 nitrogen and oxygen atoms in total. The van der Waals surface area contributed by atoms with Crippen LogP contribution in [0.3, 0.4) is 0 Å². The van der Waals surface area contributed by atoms with Gasteiger partial charge in [-0.15, -0.1) is 0 Å². The van der Waals surface area contributed by atoms with Gasteiger partial charge in [-0.1, -0.05) is 30.3 Å². The fourth-order valence-corrected chi connectivity index (χ4v) is 2.86. The highest BCUT2D eigenvalue weighted by atomic mass is 16.2. The number of amides is 2. The van der Waals surface area contributed by atoms with Crippen molar-refractivity contribution in [2.45, 2.75) is 32.2 Å². The summed E-state index contributed by atoms with van der Waals surface area (Å²) in [5, 5.41) is 2.99. The molecule has 1 aliphatic heterocycles. The van der Waals surface area contributed by atoms with Crippen molar-refractivity contribution < 1.29 is 9.59 Å². The molecular weight excluding hydrogens is 278 g/mol. The van der Waals surface area contributed by atoms with Crippen molar-refractivity contribution in [1.82, 2.24) is 10.2 Å². The summed E-state index contributed by atoms with van der Waals surface area (Å²) in [4.78, 5) is 25.5. The smallest absolute Gasteiger partial charge is 0.237 e. The van der Waals surface area contributed by atoms with Gasteiger partial charge in [-0.05, 0) is 44.8 Å². The molecule has 0 bridgehead atoms. The van der Waals surface area contributed by atoms with Gasteiger partial charge in [0.05, 0.1) is 6.04 Å². The summed E-state index contributed by atoms with van der Waals surface area (Å²) < 4.78 is 0. The molecule has 0 spiro atoms. The average Bonchev–Trinajstić information content (AvgIpc) is 2.55. The van der Waals surface area contributed by atoms with Gasteiger partial charge in [0.25, 0.3) is 0 Å². The van der Waals surface area contributed by atoms with Gasteiger partial charge in [0.2, 0.25) is 11.8 Å². The Morgan fingerprint density at radius 2 is 1.91 bits per heavy atom. The molecule has 1 aromatic rings. The molecule has 5 heteroatoms. The van der Waals surface area contributed by atoms with Crippen molar-refractivity contribution in [3.8, 4) is 0 Å². The van der Waals surface area contributed by atoms with E-state index < -0.39 is 0 Å². The summed E-state index contributed by atoms with van der Waals surface area (Å²) in [7, 11) is 0. The van der Waals surface area contributed by atoms with E-state index in [1.54, 1.807) is 0 Å². The van der Waals surface area contributed by atoms with Crippen molar-refractivity contribution in [2.75, 3.05) is 19.6 Å². The number of nitrogens with one attached hydrogen (secondary N) is 1. The standard InChI is InChI=1S/C17H25N3O2/c1-13(20-11-8-15(9-12-20)16(18)21)17(22)19-10-7-14-5-3-2-4-6-14/h2-6,13,15H,7-12H2,1H3,(H2,18,21)(H,19,22)/t13-/m1/s1. The van der Waals surface area contributed by atoms with Crippen LogP contribution in [-0.4, -0.2) is 42.4 Å². The summed E-state index contributed by atoms with van der Waals surface area (Å²) in [5.74, 6) is -0.210. The van der Waals surface area contributed by atoms with Crippen LogP contribution in [0, 0.1) is 5.92 Å². The number of primary amides is 1. The fourth-order valence-electron chi connectivity index (χ4n) is 2.86. The van der Waals surface area contributed by atoms with Gasteiger partial charge in [0, 0.05) is 12.5 Å². The number of likely N-dealkylation sites (tertiary alicyclic amines) is 1. The van der Waals surface area contributed by atoms with Crippen LogP contribution < -0.4 is 11.1 Å². The molecule has 1 saturated heterocycles. The third kappa shape index (κ3) is 4.56. The Labute approximate surface area is 131 Å². The van der Waals surface area contributed by atoms with Gasteiger partial charge in [-0.3, -0.25) is 14.5 Å². The van der Waals surface area contributed by atoms with Gasteiger partial charge in [-0.25, -0.2) is 0 Å². The maximum absolute atomic E-state index is 12.2. The molecule has 0 aliphatic carbocycles. The predicted molar refractivity (Wildman–Crippen MR) is 86.1 cm³/mol. The number of rotatable bonds is 6. The Morgan fingerprint density at radius 3 is 2.50 bits per heavy atom. The van der Waals surface area contributed by atoms with E-state index in [4.69, 9.17) is 5.73 Å². The number of nitrogens with zero attached hydrogens (tertiary/aromatic N) is 1. The molecule has 22 heavy (non-hydrogen) atoms. The largest absolute Gasteiger partial charge is 0.369 e. The van der Waals surface area contributed by atoms with Crippen LogP contribution in [0.15, 0.2) is 30.3 Å². The number of benzene rings is 1. The Bertz CT molecular complexity index is 496. The van der Waals surface area contributed by atoms with Crippen molar-refractivity contribution in [2.24, 2.45) is 11.7 Å². The summed E-state index contributed by atoms with van der Waals surface area (Å²) in [6.45, 7) is 4.06. The second kappa shape index (κ2) is 7.94. The van der Waals surface area contributed by atoms with Gasteiger partial charge in [0.1, 0.15) is 0 Å². The fraction of sp³-hybridized carbons (Fsp3) is 0.529. The number of hydrogen-bond acceptors (Lipinski definition) is 3. The predicted octanol–water partition coefficient (Wildman–Crippen LogP) is 0.931. The summed E-state index contributed by atoms with van der Waals surface area (Å²) in [5.41, 5.74) is 6.55. The van der Waals surface area contributed by atoms with Gasteiger partial charge in [-0.2, -0.15) is 0 Å². The summed E-state index contributed by atoms with van der Waals surface area (Å²) in [6.07, 6.45) is 2.33. The Morgan fingerprint density at radius 1 is 1.27 bits per heavy atom. The normalized spacial score (nSPS) is 17.9. The topological polar surface area (TPSA) is 75.4 Å². The summed E-state index contributed by atoms with van der Waals surface area (Å²) >= 11 is 0. The van der Waals surface area contributed by atoms with E-state index in [2.05, 4.69) is 22.3 Å². The maximum atomic E-state index is 12.2. The van der Waals surface area contributed by atoms with E-state index in [1.807, 2.05) is 25.1 Å². The van der Waals surface area contributed by atoms with Crippen LogP contribution in [0.5, 0.6) is 0 Å². The van der Waals surface area contributed by atoms with Crippen LogP contribution in [-0.2, 0) is 16.0 Å². The van der Waals surface area contributed by atoms with Gasteiger partial charge < -0.3 is 11.1 Å². The number of nitrogens with two attached hydrogens (primary N) is 1. The third-order valence-corrected chi connectivity index (χ3v) is 4.41. The molecule has 2 amide bonds. The van der Waals surface area contributed by atoms with E-state index >= 15 is 0 Å². The highest BCUT2D eigenvalue weighted by molar-refractivity contribution is 5.81. The van der Waals surface area contributed by atoms with Crippen molar-refractivity contribution in [3.63, 3.8) is 0 Å². The second-order valence-corrected chi connectivity index (χ2v) is 5.92. The molecule has 1 atom stereocenters. The second-order valence-electron chi connectivity index (χ2n) is 5.92. The third-order valence-electron chi connectivity index (χ3n) is 4.41. The molecule has 1 fully saturated rings. The zero-order chi connectivity index (χ0) is 15.9. The van der Waals surface area contributed by atoms with Crippen LogP contribution in [0.2, 0.25) is 0 Å². The van der Waals surface area contributed by atoms with Crippen molar-refractivity contribution >= 4 is 11.8 Å².